The summed E-state index contributed by atoms with van der Waals surface area (Å²) in [5.74, 6) is 0.0250. The number of esters is 1. The molecule has 0 rings (SSSR count). The lowest BCUT2D eigenvalue weighted by Gasteiger charge is -2.05. The van der Waals surface area contributed by atoms with Crippen LogP contribution in [0.3, 0.4) is 0 Å². The van der Waals surface area contributed by atoms with Crippen molar-refractivity contribution in [2.24, 2.45) is 5.92 Å². The van der Waals surface area contributed by atoms with Crippen LogP contribution in [-0.4, -0.2) is 24.3 Å². The lowest BCUT2D eigenvalue weighted by molar-refractivity contribution is -0.141. The van der Waals surface area contributed by atoms with E-state index in [1.165, 1.54) is 7.11 Å². The molecule has 88 valence electrons. The van der Waals surface area contributed by atoms with E-state index >= 15 is 0 Å². The second-order valence-electron chi connectivity index (χ2n) is 3.83. The average molecular weight is 214 g/mol. The van der Waals surface area contributed by atoms with Crippen molar-refractivity contribution >= 4 is 5.97 Å². The molecule has 0 bridgehead atoms. The Labute approximate surface area is 92.1 Å². The molecule has 0 radical (unpaired) electrons. The van der Waals surface area contributed by atoms with Crippen LogP contribution in [0.5, 0.6) is 0 Å². The van der Waals surface area contributed by atoms with Gasteiger partial charge >= 0.3 is 5.97 Å². The van der Waals surface area contributed by atoms with Crippen LogP contribution in [0.4, 0.5) is 0 Å². The molecular weight excluding hydrogens is 192 g/mol. The first-order valence-electron chi connectivity index (χ1n) is 5.51. The summed E-state index contributed by atoms with van der Waals surface area (Å²) in [4.78, 5) is 10.9. The van der Waals surface area contributed by atoms with Gasteiger partial charge in [-0.05, 0) is 25.2 Å². The van der Waals surface area contributed by atoms with E-state index in [4.69, 9.17) is 0 Å². The van der Waals surface area contributed by atoms with Crippen LogP contribution < -0.4 is 0 Å². The Bertz CT molecular complexity index is 199. The van der Waals surface area contributed by atoms with Crippen molar-refractivity contribution in [2.75, 3.05) is 7.11 Å². The van der Waals surface area contributed by atoms with Gasteiger partial charge < -0.3 is 9.84 Å². The number of aliphatic hydroxyl groups excluding tert-OH is 1. The summed E-state index contributed by atoms with van der Waals surface area (Å²) < 4.78 is 4.57. The van der Waals surface area contributed by atoms with Crippen molar-refractivity contribution in [1.82, 2.24) is 0 Å². The zero-order valence-corrected chi connectivity index (χ0v) is 9.90. The number of ether oxygens (including phenoxy) is 1. The van der Waals surface area contributed by atoms with Crippen molar-refractivity contribution < 1.29 is 14.6 Å². The number of carbonyl (C=O) groups excluding carboxylic acids is 1. The molecule has 0 spiro atoms. The first kappa shape index (κ1) is 14.2. The Morgan fingerprint density at radius 3 is 2.73 bits per heavy atom. The molecule has 0 unspecified atom stereocenters. The van der Waals surface area contributed by atoms with Gasteiger partial charge in [0.25, 0.3) is 0 Å². The summed E-state index contributed by atoms with van der Waals surface area (Å²) >= 11 is 0. The predicted octanol–water partition coefficient (Wildman–Crippen LogP) is 2.29. The van der Waals surface area contributed by atoms with Crippen molar-refractivity contribution in [3.63, 3.8) is 0 Å². The molecule has 0 aromatic carbocycles. The fourth-order valence-corrected chi connectivity index (χ4v) is 1.24. The van der Waals surface area contributed by atoms with Gasteiger partial charge in [-0.25, -0.2) is 0 Å². The topological polar surface area (TPSA) is 46.5 Å². The molecule has 15 heavy (non-hydrogen) atoms. The van der Waals surface area contributed by atoms with E-state index in [9.17, 15) is 9.90 Å². The van der Waals surface area contributed by atoms with Gasteiger partial charge in [0.2, 0.25) is 0 Å². The lowest BCUT2D eigenvalue weighted by atomic mass is 10.1. The van der Waals surface area contributed by atoms with E-state index in [0.717, 1.165) is 19.3 Å². The van der Waals surface area contributed by atoms with Gasteiger partial charge in [0.05, 0.1) is 19.6 Å². The average Bonchev–Trinajstić information content (AvgIpc) is 2.23. The summed E-state index contributed by atoms with van der Waals surface area (Å²) in [6, 6.07) is 0. The van der Waals surface area contributed by atoms with Crippen molar-refractivity contribution in [1.29, 1.82) is 0 Å². The van der Waals surface area contributed by atoms with Crippen LogP contribution in [0.15, 0.2) is 12.2 Å². The van der Waals surface area contributed by atoms with E-state index in [2.05, 4.69) is 4.74 Å². The molecule has 0 aromatic heterocycles. The number of methoxy groups -OCH3 is 1. The summed E-state index contributed by atoms with van der Waals surface area (Å²) in [6.07, 6.45) is 6.68. The maximum atomic E-state index is 10.9. The number of hydrogen-bond acceptors (Lipinski definition) is 3. The SMILES string of the molecule is CC[C@H](O)CC/C=C/[C@H](C)CC(=O)OC. The Morgan fingerprint density at radius 2 is 2.20 bits per heavy atom. The zero-order valence-electron chi connectivity index (χ0n) is 9.90. The molecule has 0 aliphatic heterocycles. The van der Waals surface area contributed by atoms with Crippen LogP contribution in [0.2, 0.25) is 0 Å². The molecular formula is C12H22O3. The first-order valence-corrected chi connectivity index (χ1v) is 5.51. The Hall–Kier alpha value is -0.830. The standard InChI is InChI=1S/C12H22O3/c1-4-11(13)8-6-5-7-10(2)9-12(14)15-3/h5,7,10-11,13H,4,6,8-9H2,1-3H3/b7-5+/t10-,11-/m0/s1. The third-order valence-corrected chi connectivity index (χ3v) is 2.32. The van der Waals surface area contributed by atoms with Crippen LogP contribution >= 0.6 is 0 Å². The third kappa shape index (κ3) is 8.18. The number of allylic oxidation sites excluding steroid dienone is 2. The zero-order chi connectivity index (χ0) is 11.7. The molecule has 0 saturated carbocycles. The van der Waals surface area contributed by atoms with E-state index in [-0.39, 0.29) is 18.0 Å². The van der Waals surface area contributed by atoms with Crippen LogP contribution in [0, 0.1) is 5.92 Å². The second-order valence-corrected chi connectivity index (χ2v) is 3.83. The van der Waals surface area contributed by atoms with Crippen LogP contribution in [0.25, 0.3) is 0 Å². The monoisotopic (exact) mass is 214 g/mol. The van der Waals surface area contributed by atoms with Gasteiger partial charge in [-0.2, -0.15) is 0 Å². The maximum absolute atomic E-state index is 10.9. The van der Waals surface area contributed by atoms with Crippen molar-refractivity contribution in [2.45, 2.75) is 45.6 Å². The van der Waals surface area contributed by atoms with E-state index < -0.39 is 0 Å². The van der Waals surface area contributed by atoms with Gasteiger partial charge in [-0.3, -0.25) is 4.79 Å². The van der Waals surface area contributed by atoms with Gasteiger partial charge in [0.15, 0.2) is 0 Å². The molecule has 0 aromatic rings. The van der Waals surface area contributed by atoms with Crippen molar-refractivity contribution in [3.05, 3.63) is 12.2 Å². The van der Waals surface area contributed by atoms with E-state index in [1.54, 1.807) is 0 Å². The number of rotatable bonds is 7. The molecule has 0 heterocycles. The fourth-order valence-electron chi connectivity index (χ4n) is 1.24. The van der Waals surface area contributed by atoms with Gasteiger partial charge in [-0.15, -0.1) is 0 Å². The second kappa shape index (κ2) is 8.48. The van der Waals surface area contributed by atoms with Crippen LogP contribution in [0.1, 0.15) is 39.5 Å². The highest BCUT2D eigenvalue weighted by atomic mass is 16.5. The number of hydrogen-bond donors (Lipinski definition) is 1. The first-order chi connectivity index (χ1) is 7.10. The largest absolute Gasteiger partial charge is 0.469 e. The smallest absolute Gasteiger partial charge is 0.306 e. The molecule has 0 aliphatic rings. The minimum atomic E-state index is -0.203. The third-order valence-electron chi connectivity index (χ3n) is 2.32. The Balaban J connectivity index is 3.62. The van der Waals surface area contributed by atoms with Crippen LogP contribution in [-0.2, 0) is 9.53 Å². The maximum Gasteiger partial charge on any atom is 0.306 e. The van der Waals surface area contributed by atoms with Crippen molar-refractivity contribution in [3.8, 4) is 0 Å². The minimum Gasteiger partial charge on any atom is -0.469 e. The molecule has 2 atom stereocenters. The highest BCUT2D eigenvalue weighted by Gasteiger charge is 2.05. The fraction of sp³-hybridized carbons (Fsp3) is 0.750. The highest BCUT2D eigenvalue weighted by molar-refractivity contribution is 5.69. The molecule has 3 heteroatoms. The number of carbonyl (C=O) groups is 1. The number of aliphatic hydroxyl groups is 1. The predicted molar refractivity (Wildman–Crippen MR) is 60.5 cm³/mol. The Kier molecular flexibility index (Phi) is 8.01. The molecule has 0 fully saturated rings. The highest BCUT2D eigenvalue weighted by Crippen LogP contribution is 2.07. The van der Waals surface area contributed by atoms with Gasteiger partial charge in [0, 0.05) is 0 Å². The molecule has 1 N–H and O–H groups in total. The lowest BCUT2D eigenvalue weighted by Crippen LogP contribution is -2.05. The Morgan fingerprint density at radius 1 is 1.53 bits per heavy atom. The molecule has 0 saturated heterocycles. The molecule has 0 aliphatic carbocycles. The summed E-state index contributed by atoms with van der Waals surface area (Å²) in [5.41, 5.74) is 0. The summed E-state index contributed by atoms with van der Waals surface area (Å²) in [5, 5.41) is 9.30. The van der Waals surface area contributed by atoms with Gasteiger partial charge in [-0.1, -0.05) is 26.0 Å². The minimum absolute atomic E-state index is 0.180. The van der Waals surface area contributed by atoms with E-state index in [1.807, 2.05) is 26.0 Å². The molecule has 0 amide bonds. The summed E-state index contributed by atoms with van der Waals surface area (Å²) in [7, 11) is 1.40. The van der Waals surface area contributed by atoms with E-state index in [0.29, 0.717) is 6.42 Å². The quantitative estimate of drug-likeness (QED) is 0.522. The van der Waals surface area contributed by atoms with Gasteiger partial charge in [0.1, 0.15) is 0 Å². The normalized spacial score (nSPS) is 15.2. The molecule has 3 nitrogen and oxygen atoms in total. The summed E-state index contributed by atoms with van der Waals surface area (Å²) in [6.45, 7) is 3.94.